The summed E-state index contributed by atoms with van der Waals surface area (Å²) in [5.74, 6) is 1.38. The van der Waals surface area contributed by atoms with E-state index < -0.39 is 0 Å². The van der Waals surface area contributed by atoms with E-state index in [1.807, 2.05) is 19.9 Å². The molecule has 0 unspecified atom stereocenters. The van der Waals surface area contributed by atoms with E-state index in [1.54, 1.807) is 0 Å². The van der Waals surface area contributed by atoms with Gasteiger partial charge in [0.15, 0.2) is 10.9 Å². The molecule has 0 N–H and O–H groups in total. The van der Waals surface area contributed by atoms with Crippen molar-refractivity contribution in [3.63, 3.8) is 0 Å². The molecule has 0 aliphatic carbocycles. The van der Waals surface area contributed by atoms with Gasteiger partial charge in [-0.3, -0.25) is 9.36 Å². The molecule has 2 aromatic rings. The van der Waals surface area contributed by atoms with E-state index in [0.717, 1.165) is 54.2 Å². The number of carbonyl (C=O) groups excluding carboxylic acids is 1. The van der Waals surface area contributed by atoms with E-state index in [0.29, 0.717) is 19.0 Å². The monoisotopic (exact) mass is 377 g/mol. The Kier molecular flexibility index (Phi) is 6.03. The fraction of sp³-hybridized carbons (Fsp3) is 0.611. The number of morpholine rings is 1. The number of thioether (sulfide) groups is 1. The summed E-state index contributed by atoms with van der Waals surface area (Å²) in [5, 5.41) is 9.48. The van der Waals surface area contributed by atoms with Gasteiger partial charge in [0, 0.05) is 43.1 Å². The molecule has 0 aromatic carbocycles. The first kappa shape index (κ1) is 19.0. The number of ketones is 1. The number of hydrogen-bond acceptors (Lipinski definition) is 6. The number of anilines is 1. The summed E-state index contributed by atoms with van der Waals surface area (Å²) in [7, 11) is 0. The maximum absolute atomic E-state index is 12.7. The fourth-order valence-electron chi connectivity index (χ4n) is 3.44. The van der Waals surface area contributed by atoms with Gasteiger partial charge in [-0.2, -0.15) is 0 Å². The summed E-state index contributed by atoms with van der Waals surface area (Å²) in [4.78, 5) is 14.9. The number of rotatable bonds is 7. The highest BCUT2D eigenvalue weighted by Crippen LogP contribution is 2.24. The van der Waals surface area contributed by atoms with Crippen molar-refractivity contribution in [1.82, 2.24) is 19.3 Å². The first-order valence-corrected chi connectivity index (χ1v) is 10.1. The Hall–Kier alpha value is -1.80. The Bertz CT molecular complexity index is 777. The molecule has 0 amide bonds. The molecular weight excluding hydrogens is 350 g/mol. The predicted molar refractivity (Wildman–Crippen MR) is 103 cm³/mol. The highest BCUT2D eigenvalue weighted by atomic mass is 32.2. The number of aromatic nitrogens is 4. The summed E-state index contributed by atoms with van der Waals surface area (Å²) >= 11 is 1.46. The van der Waals surface area contributed by atoms with Gasteiger partial charge >= 0.3 is 0 Å². The third-order valence-electron chi connectivity index (χ3n) is 4.83. The van der Waals surface area contributed by atoms with Crippen LogP contribution >= 0.6 is 11.8 Å². The number of carbonyl (C=O) groups is 1. The Morgan fingerprint density at radius 2 is 1.85 bits per heavy atom. The van der Waals surface area contributed by atoms with Crippen LogP contribution in [0.5, 0.6) is 0 Å². The molecule has 1 aliphatic rings. The molecule has 2 aromatic heterocycles. The zero-order valence-electron chi connectivity index (χ0n) is 16.0. The Morgan fingerprint density at radius 3 is 2.46 bits per heavy atom. The van der Waals surface area contributed by atoms with Crippen LogP contribution in [0, 0.1) is 13.8 Å². The van der Waals surface area contributed by atoms with Crippen LogP contribution in [0.4, 0.5) is 5.95 Å². The van der Waals surface area contributed by atoms with Crippen molar-refractivity contribution in [3.8, 4) is 0 Å². The lowest BCUT2D eigenvalue weighted by atomic mass is 10.2. The van der Waals surface area contributed by atoms with Crippen LogP contribution in [0.1, 0.15) is 35.6 Å². The number of aryl methyl sites for hydroxylation is 1. The van der Waals surface area contributed by atoms with E-state index in [2.05, 4.69) is 38.1 Å². The van der Waals surface area contributed by atoms with Crippen molar-refractivity contribution in [2.45, 2.75) is 45.9 Å². The predicted octanol–water partition coefficient (Wildman–Crippen LogP) is 2.55. The normalized spacial score (nSPS) is 14.8. The largest absolute Gasteiger partial charge is 0.378 e. The molecule has 3 rings (SSSR count). The van der Waals surface area contributed by atoms with Gasteiger partial charge in [-0.15, -0.1) is 10.2 Å². The second-order valence-corrected chi connectivity index (χ2v) is 7.31. The highest BCUT2D eigenvalue weighted by Gasteiger charge is 2.21. The van der Waals surface area contributed by atoms with Gasteiger partial charge in [-0.05, 0) is 33.8 Å². The number of ether oxygens (including phenoxy) is 1. The minimum Gasteiger partial charge on any atom is -0.378 e. The summed E-state index contributed by atoms with van der Waals surface area (Å²) in [6.45, 7) is 13.0. The number of hydrogen-bond donors (Lipinski definition) is 0. The van der Waals surface area contributed by atoms with E-state index in [9.17, 15) is 4.79 Å². The van der Waals surface area contributed by atoms with Gasteiger partial charge in [-0.25, -0.2) is 0 Å². The van der Waals surface area contributed by atoms with Crippen molar-refractivity contribution in [2.75, 3.05) is 37.0 Å². The Labute approximate surface area is 158 Å². The lowest BCUT2D eigenvalue weighted by Gasteiger charge is -2.27. The van der Waals surface area contributed by atoms with Crippen LogP contribution in [-0.4, -0.2) is 57.2 Å². The van der Waals surface area contributed by atoms with Crippen LogP contribution < -0.4 is 4.90 Å². The molecule has 0 saturated carbocycles. The third kappa shape index (κ3) is 3.66. The molecule has 3 heterocycles. The molecule has 0 spiro atoms. The van der Waals surface area contributed by atoms with Crippen LogP contribution in [0.2, 0.25) is 0 Å². The Balaban J connectivity index is 1.71. The second-order valence-electron chi connectivity index (χ2n) is 6.37. The van der Waals surface area contributed by atoms with E-state index >= 15 is 0 Å². The van der Waals surface area contributed by atoms with Crippen LogP contribution in [0.25, 0.3) is 0 Å². The second kappa shape index (κ2) is 8.26. The number of Topliss-reactive ketones (excluding diaryl/α,β-unsaturated/α-hetero) is 1. The fourth-order valence-corrected chi connectivity index (χ4v) is 4.32. The summed E-state index contributed by atoms with van der Waals surface area (Å²) in [6, 6.07) is 1.99. The first-order chi connectivity index (χ1) is 12.6. The lowest BCUT2D eigenvalue weighted by molar-refractivity contribution is 0.102. The summed E-state index contributed by atoms with van der Waals surface area (Å²) in [6.07, 6.45) is 0. The van der Waals surface area contributed by atoms with Crippen molar-refractivity contribution < 1.29 is 9.53 Å². The smallest absolute Gasteiger partial charge is 0.228 e. The highest BCUT2D eigenvalue weighted by molar-refractivity contribution is 7.99. The minimum absolute atomic E-state index is 0.140. The third-order valence-corrected chi connectivity index (χ3v) is 5.80. The molecule has 7 nitrogen and oxygen atoms in total. The molecule has 0 atom stereocenters. The van der Waals surface area contributed by atoms with E-state index in [-0.39, 0.29) is 5.78 Å². The van der Waals surface area contributed by atoms with Gasteiger partial charge in [0.05, 0.1) is 19.0 Å². The molecule has 1 aliphatic heterocycles. The molecule has 1 fully saturated rings. The quantitative estimate of drug-likeness (QED) is 0.546. The summed E-state index contributed by atoms with van der Waals surface area (Å²) in [5.41, 5.74) is 2.99. The molecule has 142 valence electrons. The standard InChI is InChI=1S/C18H27N5O2S/c1-5-22-13(3)11-15(14(22)4)16(24)12-26-18-20-19-17(23(18)6-2)21-7-9-25-10-8-21/h11H,5-10,12H2,1-4H3. The zero-order chi connectivity index (χ0) is 18.7. The van der Waals surface area contributed by atoms with Crippen molar-refractivity contribution in [2.24, 2.45) is 0 Å². The molecule has 26 heavy (non-hydrogen) atoms. The van der Waals surface area contributed by atoms with Gasteiger partial charge < -0.3 is 14.2 Å². The average Bonchev–Trinajstić information content (AvgIpc) is 3.20. The first-order valence-electron chi connectivity index (χ1n) is 9.15. The van der Waals surface area contributed by atoms with Gasteiger partial charge in [0.25, 0.3) is 0 Å². The van der Waals surface area contributed by atoms with Crippen LogP contribution in [0.3, 0.4) is 0 Å². The van der Waals surface area contributed by atoms with Crippen molar-refractivity contribution in [3.05, 3.63) is 23.0 Å². The van der Waals surface area contributed by atoms with Crippen molar-refractivity contribution >= 4 is 23.5 Å². The molecule has 8 heteroatoms. The maximum Gasteiger partial charge on any atom is 0.228 e. The van der Waals surface area contributed by atoms with E-state index in [4.69, 9.17) is 4.74 Å². The Morgan fingerprint density at radius 1 is 1.15 bits per heavy atom. The minimum atomic E-state index is 0.140. The van der Waals surface area contributed by atoms with Gasteiger partial charge in [0.2, 0.25) is 5.95 Å². The molecule has 1 saturated heterocycles. The van der Waals surface area contributed by atoms with Gasteiger partial charge in [-0.1, -0.05) is 11.8 Å². The molecule has 0 bridgehead atoms. The van der Waals surface area contributed by atoms with Crippen LogP contribution in [0.15, 0.2) is 11.2 Å². The SMILES string of the molecule is CCn1c(SCC(=O)c2cc(C)n(CC)c2C)nnc1N1CCOCC1. The summed E-state index contributed by atoms with van der Waals surface area (Å²) < 4.78 is 9.66. The average molecular weight is 378 g/mol. The topological polar surface area (TPSA) is 65.2 Å². The van der Waals surface area contributed by atoms with Gasteiger partial charge in [0.1, 0.15) is 0 Å². The molecule has 0 radical (unpaired) electrons. The zero-order valence-corrected chi connectivity index (χ0v) is 16.8. The molecular formula is C18H27N5O2S. The van der Waals surface area contributed by atoms with E-state index in [1.165, 1.54) is 11.8 Å². The lowest BCUT2D eigenvalue weighted by Crippen LogP contribution is -2.38. The number of nitrogens with zero attached hydrogens (tertiary/aromatic N) is 5. The maximum atomic E-state index is 12.7. The van der Waals surface area contributed by atoms with Crippen LogP contribution in [-0.2, 0) is 17.8 Å². The van der Waals surface area contributed by atoms with Crippen molar-refractivity contribution in [1.29, 1.82) is 0 Å².